The fourth-order valence-electron chi connectivity index (χ4n) is 3.00. The first-order valence-corrected chi connectivity index (χ1v) is 11.0. The van der Waals surface area contributed by atoms with Gasteiger partial charge in [0.1, 0.15) is 5.75 Å². The minimum Gasteiger partial charge on any atom is -0.481 e. The van der Waals surface area contributed by atoms with E-state index in [0.29, 0.717) is 35.4 Å². The topological polar surface area (TPSA) is 64.6 Å². The highest BCUT2D eigenvalue weighted by atomic mass is 35.5. The highest BCUT2D eigenvalue weighted by molar-refractivity contribution is 7.84. The zero-order valence-electron chi connectivity index (χ0n) is 15.7. The SMILES string of the molecule is CC(Oc1cccc(Cl)c1)C(=O)Nc1cccc(CS(=O)C2CCOCC2)c1. The number of nitrogens with one attached hydrogen (secondary N) is 1. The summed E-state index contributed by atoms with van der Waals surface area (Å²) in [5.41, 5.74) is 1.60. The molecule has 0 aromatic heterocycles. The highest BCUT2D eigenvalue weighted by Gasteiger charge is 2.20. The van der Waals surface area contributed by atoms with E-state index < -0.39 is 16.9 Å². The van der Waals surface area contributed by atoms with Crippen molar-refractivity contribution >= 4 is 34.0 Å². The normalized spacial score (nSPS) is 16.9. The standard InChI is InChI=1S/C21H24ClNO4S/c1-15(27-19-7-3-5-17(22)13-19)21(24)23-18-6-2-4-16(12-18)14-28(25)20-8-10-26-11-9-20/h2-7,12-13,15,20H,8-11,14H2,1H3,(H,23,24). The van der Waals surface area contributed by atoms with Gasteiger partial charge in [-0.3, -0.25) is 9.00 Å². The van der Waals surface area contributed by atoms with Crippen molar-refractivity contribution in [2.24, 2.45) is 0 Å². The van der Waals surface area contributed by atoms with Crippen molar-refractivity contribution in [3.05, 3.63) is 59.1 Å². The molecule has 1 saturated heterocycles. The van der Waals surface area contributed by atoms with E-state index in [2.05, 4.69) is 5.32 Å². The summed E-state index contributed by atoms with van der Waals surface area (Å²) in [6, 6.07) is 14.4. The van der Waals surface area contributed by atoms with Crippen LogP contribution in [0.15, 0.2) is 48.5 Å². The summed E-state index contributed by atoms with van der Waals surface area (Å²) in [6.07, 6.45) is 0.987. The minimum absolute atomic E-state index is 0.179. The first-order chi connectivity index (χ1) is 13.5. The van der Waals surface area contributed by atoms with Crippen molar-refractivity contribution in [1.82, 2.24) is 0 Å². The molecule has 1 amide bonds. The summed E-state index contributed by atoms with van der Waals surface area (Å²) < 4.78 is 23.6. The van der Waals surface area contributed by atoms with Gasteiger partial charge in [-0.05, 0) is 55.7 Å². The molecule has 28 heavy (non-hydrogen) atoms. The lowest BCUT2D eigenvalue weighted by Crippen LogP contribution is -2.30. The molecule has 150 valence electrons. The Hall–Kier alpha value is -1.89. The molecule has 1 heterocycles. The molecule has 7 heteroatoms. The number of carbonyl (C=O) groups excluding carboxylic acids is 1. The number of rotatable bonds is 7. The summed E-state index contributed by atoms with van der Waals surface area (Å²) in [7, 11) is -0.946. The van der Waals surface area contributed by atoms with Gasteiger partial charge < -0.3 is 14.8 Å². The van der Waals surface area contributed by atoms with Crippen LogP contribution in [0, 0.1) is 0 Å². The molecule has 1 aliphatic rings. The number of hydrogen-bond acceptors (Lipinski definition) is 4. The van der Waals surface area contributed by atoms with E-state index in [-0.39, 0.29) is 11.2 Å². The Bertz CT molecular complexity index is 839. The Morgan fingerprint density at radius 1 is 1.25 bits per heavy atom. The van der Waals surface area contributed by atoms with Crippen molar-refractivity contribution in [1.29, 1.82) is 0 Å². The van der Waals surface area contributed by atoms with Crippen LogP contribution in [0.2, 0.25) is 5.02 Å². The van der Waals surface area contributed by atoms with Crippen LogP contribution in [0.3, 0.4) is 0 Å². The summed E-state index contributed by atoms with van der Waals surface area (Å²) >= 11 is 5.94. The third-order valence-electron chi connectivity index (χ3n) is 4.52. The number of halogens is 1. The number of benzene rings is 2. The van der Waals surface area contributed by atoms with Crippen molar-refractivity contribution < 1.29 is 18.5 Å². The molecule has 0 saturated carbocycles. The molecule has 1 N–H and O–H groups in total. The molecule has 5 nitrogen and oxygen atoms in total. The van der Waals surface area contributed by atoms with Gasteiger partial charge in [-0.25, -0.2) is 0 Å². The Balaban J connectivity index is 1.57. The monoisotopic (exact) mass is 421 g/mol. The smallest absolute Gasteiger partial charge is 0.265 e. The van der Waals surface area contributed by atoms with E-state index in [1.807, 2.05) is 24.3 Å². The molecule has 3 rings (SSSR count). The van der Waals surface area contributed by atoms with E-state index in [0.717, 1.165) is 18.4 Å². The average molecular weight is 422 g/mol. The molecular formula is C21H24ClNO4S. The van der Waals surface area contributed by atoms with E-state index in [1.165, 1.54) is 0 Å². The molecule has 0 radical (unpaired) electrons. The highest BCUT2D eigenvalue weighted by Crippen LogP contribution is 2.20. The summed E-state index contributed by atoms with van der Waals surface area (Å²) in [6.45, 7) is 3.04. The van der Waals surface area contributed by atoms with Gasteiger partial charge in [-0.2, -0.15) is 0 Å². The Morgan fingerprint density at radius 2 is 2.00 bits per heavy atom. The van der Waals surface area contributed by atoms with Gasteiger partial charge in [0.15, 0.2) is 6.10 Å². The Kier molecular flexibility index (Phi) is 7.48. The molecular weight excluding hydrogens is 398 g/mol. The van der Waals surface area contributed by atoms with Crippen LogP contribution in [0.25, 0.3) is 0 Å². The van der Waals surface area contributed by atoms with Crippen LogP contribution in [0.1, 0.15) is 25.3 Å². The van der Waals surface area contributed by atoms with Crippen LogP contribution in [0.5, 0.6) is 5.75 Å². The van der Waals surface area contributed by atoms with Gasteiger partial charge in [0.05, 0.1) is 0 Å². The maximum atomic E-state index is 12.6. The van der Waals surface area contributed by atoms with E-state index in [9.17, 15) is 9.00 Å². The first kappa shape index (κ1) is 20.8. The van der Waals surface area contributed by atoms with Crippen LogP contribution < -0.4 is 10.1 Å². The fraction of sp³-hybridized carbons (Fsp3) is 0.381. The molecule has 1 fully saturated rings. The zero-order chi connectivity index (χ0) is 19.9. The van der Waals surface area contributed by atoms with Crippen LogP contribution in [0.4, 0.5) is 5.69 Å². The third-order valence-corrected chi connectivity index (χ3v) is 6.59. The molecule has 2 aromatic rings. The number of ether oxygens (including phenoxy) is 2. The van der Waals surface area contributed by atoms with Gasteiger partial charge in [0.25, 0.3) is 5.91 Å². The second-order valence-electron chi connectivity index (χ2n) is 6.74. The lowest BCUT2D eigenvalue weighted by atomic mass is 10.2. The molecule has 0 bridgehead atoms. The molecule has 0 aliphatic carbocycles. The average Bonchev–Trinajstić information content (AvgIpc) is 2.69. The van der Waals surface area contributed by atoms with Gasteiger partial charge >= 0.3 is 0 Å². The number of amides is 1. The van der Waals surface area contributed by atoms with E-state index in [4.69, 9.17) is 21.1 Å². The van der Waals surface area contributed by atoms with E-state index in [1.54, 1.807) is 31.2 Å². The largest absolute Gasteiger partial charge is 0.481 e. The maximum absolute atomic E-state index is 12.6. The van der Waals surface area contributed by atoms with Crippen molar-refractivity contribution in [3.63, 3.8) is 0 Å². The lowest BCUT2D eigenvalue weighted by Gasteiger charge is -2.21. The summed E-state index contributed by atoms with van der Waals surface area (Å²) in [4.78, 5) is 12.4. The summed E-state index contributed by atoms with van der Waals surface area (Å²) in [5.74, 6) is 0.751. The summed E-state index contributed by atoms with van der Waals surface area (Å²) in [5, 5.41) is 3.58. The zero-order valence-corrected chi connectivity index (χ0v) is 17.3. The van der Waals surface area contributed by atoms with E-state index >= 15 is 0 Å². The van der Waals surface area contributed by atoms with Gasteiger partial charge in [0.2, 0.25) is 0 Å². The van der Waals surface area contributed by atoms with Crippen molar-refractivity contribution in [2.45, 2.75) is 36.9 Å². The van der Waals surface area contributed by atoms with Crippen LogP contribution in [-0.2, 0) is 26.1 Å². The quantitative estimate of drug-likeness (QED) is 0.728. The van der Waals surface area contributed by atoms with Gasteiger partial charge in [0, 0.05) is 45.7 Å². The Morgan fingerprint density at radius 3 is 2.75 bits per heavy atom. The number of hydrogen-bond donors (Lipinski definition) is 1. The van der Waals surface area contributed by atoms with Crippen molar-refractivity contribution in [3.8, 4) is 5.75 Å². The molecule has 2 unspecified atom stereocenters. The minimum atomic E-state index is -0.946. The molecule has 2 aromatic carbocycles. The first-order valence-electron chi connectivity index (χ1n) is 9.28. The molecule has 2 atom stereocenters. The number of carbonyl (C=O) groups is 1. The predicted octanol–water partition coefficient (Wildman–Crippen LogP) is 4.17. The molecule has 1 aliphatic heterocycles. The van der Waals surface area contributed by atoms with Crippen LogP contribution >= 0.6 is 11.6 Å². The van der Waals surface area contributed by atoms with Gasteiger partial charge in [-0.15, -0.1) is 0 Å². The second kappa shape index (κ2) is 10.0. The molecule has 0 spiro atoms. The lowest BCUT2D eigenvalue weighted by molar-refractivity contribution is -0.122. The van der Waals surface area contributed by atoms with Crippen molar-refractivity contribution in [2.75, 3.05) is 18.5 Å². The third kappa shape index (κ3) is 6.06. The fourth-order valence-corrected chi connectivity index (χ4v) is 4.64. The van der Waals surface area contributed by atoms with Crippen LogP contribution in [-0.4, -0.2) is 34.7 Å². The van der Waals surface area contributed by atoms with Gasteiger partial charge in [-0.1, -0.05) is 29.8 Å². The number of anilines is 1. The maximum Gasteiger partial charge on any atom is 0.265 e. The second-order valence-corrected chi connectivity index (χ2v) is 8.90. The predicted molar refractivity (Wildman–Crippen MR) is 112 cm³/mol. The Labute approximate surface area is 172 Å².